The molecule has 1 fully saturated rings. The van der Waals surface area contributed by atoms with Crippen molar-refractivity contribution in [1.29, 1.82) is 0 Å². The van der Waals surface area contributed by atoms with E-state index < -0.39 is 0 Å². The maximum absolute atomic E-state index is 11.9. The van der Waals surface area contributed by atoms with Gasteiger partial charge in [-0.2, -0.15) is 0 Å². The average molecular weight is 255 g/mol. The minimum absolute atomic E-state index is 0.243. The maximum atomic E-state index is 11.9. The Morgan fingerprint density at radius 3 is 3.00 bits per heavy atom. The Labute approximate surface area is 112 Å². The van der Waals surface area contributed by atoms with Crippen LogP contribution >= 0.6 is 0 Å². The highest BCUT2D eigenvalue weighted by molar-refractivity contribution is 5.92. The second-order valence-corrected chi connectivity index (χ2v) is 4.99. The summed E-state index contributed by atoms with van der Waals surface area (Å²) in [6.45, 7) is 1.48. The first-order chi connectivity index (χ1) is 9.25. The molecule has 0 unspecified atom stereocenters. The number of fused-ring (bicyclic) bond motifs is 1. The standard InChI is InChI=1S/C15H17N3O/c16-13-7-6-11(15-12(13)4-3-8-17-15)10-18-9-2-1-5-14(18)19/h3-4,6-8H,1-2,5,9-10,16H2. The lowest BCUT2D eigenvalue weighted by Crippen LogP contribution is -2.34. The van der Waals surface area contributed by atoms with Crippen molar-refractivity contribution in [3.05, 3.63) is 36.0 Å². The van der Waals surface area contributed by atoms with Gasteiger partial charge in [-0.1, -0.05) is 6.07 Å². The van der Waals surface area contributed by atoms with Gasteiger partial charge in [0, 0.05) is 36.8 Å². The van der Waals surface area contributed by atoms with Crippen LogP contribution in [0, 0.1) is 0 Å². The maximum Gasteiger partial charge on any atom is 0.222 e. The van der Waals surface area contributed by atoms with E-state index in [4.69, 9.17) is 5.73 Å². The second kappa shape index (κ2) is 4.88. The molecule has 1 aromatic carbocycles. The second-order valence-electron chi connectivity index (χ2n) is 4.99. The summed E-state index contributed by atoms with van der Waals surface area (Å²) in [6, 6.07) is 7.73. The van der Waals surface area contributed by atoms with Crippen LogP contribution in [0.2, 0.25) is 0 Å². The third-order valence-electron chi connectivity index (χ3n) is 3.67. The summed E-state index contributed by atoms with van der Waals surface area (Å²) in [5.41, 5.74) is 8.67. The van der Waals surface area contributed by atoms with Crippen LogP contribution in [0.4, 0.5) is 5.69 Å². The van der Waals surface area contributed by atoms with Crippen LogP contribution in [-0.4, -0.2) is 22.3 Å². The first-order valence-electron chi connectivity index (χ1n) is 6.65. The fraction of sp³-hybridized carbons (Fsp3) is 0.333. The Morgan fingerprint density at radius 1 is 1.26 bits per heavy atom. The molecular formula is C15H17N3O. The molecular weight excluding hydrogens is 238 g/mol. The van der Waals surface area contributed by atoms with Crippen LogP contribution < -0.4 is 5.73 Å². The molecule has 1 amide bonds. The summed E-state index contributed by atoms with van der Waals surface area (Å²) in [6.07, 6.45) is 4.53. The summed E-state index contributed by atoms with van der Waals surface area (Å²) >= 11 is 0. The van der Waals surface area contributed by atoms with Crippen LogP contribution in [0.5, 0.6) is 0 Å². The topological polar surface area (TPSA) is 59.2 Å². The molecule has 0 radical (unpaired) electrons. The summed E-state index contributed by atoms with van der Waals surface area (Å²) in [5.74, 6) is 0.243. The highest BCUT2D eigenvalue weighted by Crippen LogP contribution is 2.24. The SMILES string of the molecule is Nc1ccc(CN2CCCCC2=O)c2ncccc12. The lowest BCUT2D eigenvalue weighted by atomic mass is 10.1. The number of amides is 1. The third kappa shape index (κ3) is 2.26. The average Bonchev–Trinajstić information content (AvgIpc) is 2.44. The first kappa shape index (κ1) is 12.0. The lowest BCUT2D eigenvalue weighted by molar-refractivity contribution is -0.133. The molecule has 1 aromatic heterocycles. The molecule has 3 rings (SSSR count). The number of nitrogens with two attached hydrogens (primary N) is 1. The van der Waals surface area contributed by atoms with Gasteiger partial charge in [-0.3, -0.25) is 9.78 Å². The van der Waals surface area contributed by atoms with Gasteiger partial charge in [0.1, 0.15) is 0 Å². The van der Waals surface area contributed by atoms with Gasteiger partial charge in [-0.05, 0) is 36.6 Å². The first-order valence-corrected chi connectivity index (χ1v) is 6.65. The van der Waals surface area contributed by atoms with E-state index in [0.29, 0.717) is 13.0 Å². The molecule has 0 aliphatic carbocycles. The van der Waals surface area contributed by atoms with E-state index >= 15 is 0 Å². The normalized spacial score (nSPS) is 16.0. The summed E-state index contributed by atoms with van der Waals surface area (Å²) < 4.78 is 0. The highest BCUT2D eigenvalue weighted by Gasteiger charge is 2.19. The van der Waals surface area contributed by atoms with Crippen molar-refractivity contribution in [3.63, 3.8) is 0 Å². The fourth-order valence-electron chi connectivity index (χ4n) is 2.62. The van der Waals surface area contributed by atoms with E-state index in [2.05, 4.69) is 4.98 Å². The van der Waals surface area contributed by atoms with Crippen LogP contribution in [0.3, 0.4) is 0 Å². The molecule has 2 heterocycles. The number of carbonyl (C=O) groups excluding carboxylic acids is 1. The molecule has 0 bridgehead atoms. The van der Waals surface area contributed by atoms with Crippen LogP contribution in [0.15, 0.2) is 30.5 Å². The zero-order valence-corrected chi connectivity index (χ0v) is 10.8. The van der Waals surface area contributed by atoms with Crippen molar-refractivity contribution < 1.29 is 4.79 Å². The number of rotatable bonds is 2. The molecule has 1 saturated heterocycles. The predicted octanol–water partition coefficient (Wildman–Crippen LogP) is 2.33. The molecule has 98 valence electrons. The smallest absolute Gasteiger partial charge is 0.222 e. The lowest BCUT2D eigenvalue weighted by Gasteiger charge is -2.27. The molecule has 1 aliphatic heterocycles. The Bertz CT molecular complexity index is 624. The zero-order valence-electron chi connectivity index (χ0n) is 10.8. The van der Waals surface area contributed by atoms with Crippen molar-refractivity contribution in [2.75, 3.05) is 12.3 Å². The van der Waals surface area contributed by atoms with Crippen molar-refractivity contribution in [2.45, 2.75) is 25.8 Å². The van der Waals surface area contributed by atoms with E-state index in [-0.39, 0.29) is 5.91 Å². The molecule has 0 saturated carbocycles. The third-order valence-corrected chi connectivity index (χ3v) is 3.67. The summed E-state index contributed by atoms with van der Waals surface area (Å²) in [7, 11) is 0. The molecule has 1 aliphatic rings. The Morgan fingerprint density at radius 2 is 2.16 bits per heavy atom. The summed E-state index contributed by atoms with van der Waals surface area (Å²) in [4.78, 5) is 18.2. The van der Waals surface area contributed by atoms with Gasteiger partial charge in [0.05, 0.1) is 5.52 Å². The van der Waals surface area contributed by atoms with Crippen molar-refractivity contribution in [2.24, 2.45) is 0 Å². The number of carbonyl (C=O) groups is 1. The number of hydrogen-bond acceptors (Lipinski definition) is 3. The van der Waals surface area contributed by atoms with Crippen molar-refractivity contribution in [3.8, 4) is 0 Å². The quantitative estimate of drug-likeness (QED) is 0.838. The number of aromatic nitrogens is 1. The largest absolute Gasteiger partial charge is 0.398 e. The molecule has 0 atom stereocenters. The number of pyridine rings is 1. The number of nitrogen functional groups attached to an aromatic ring is 1. The van der Waals surface area contributed by atoms with Gasteiger partial charge in [0.2, 0.25) is 5.91 Å². The molecule has 2 aromatic rings. The molecule has 2 N–H and O–H groups in total. The van der Waals surface area contributed by atoms with E-state index in [9.17, 15) is 4.79 Å². The monoisotopic (exact) mass is 255 g/mol. The van der Waals surface area contributed by atoms with Crippen LogP contribution in [-0.2, 0) is 11.3 Å². The van der Waals surface area contributed by atoms with Crippen LogP contribution in [0.1, 0.15) is 24.8 Å². The van der Waals surface area contributed by atoms with Crippen LogP contribution in [0.25, 0.3) is 10.9 Å². The van der Waals surface area contributed by atoms with Gasteiger partial charge >= 0.3 is 0 Å². The van der Waals surface area contributed by atoms with Gasteiger partial charge in [0.25, 0.3) is 0 Å². The number of anilines is 1. The molecule has 4 heteroatoms. The molecule has 0 spiro atoms. The predicted molar refractivity (Wildman–Crippen MR) is 75.4 cm³/mol. The van der Waals surface area contributed by atoms with E-state index in [1.165, 1.54) is 0 Å². The van der Waals surface area contributed by atoms with Gasteiger partial charge in [-0.25, -0.2) is 0 Å². The van der Waals surface area contributed by atoms with Gasteiger partial charge in [-0.15, -0.1) is 0 Å². The number of piperidine rings is 1. The number of likely N-dealkylation sites (tertiary alicyclic amines) is 1. The minimum Gasteiger partial charge on any atom is -0.398 e. The van der Waals surface area contributed by atoms with Gasteiger partial charge < -0.3 is 10.6 Å². The molecule has 19 heavy (non-hydrogen) atoms. The van der Waals surface area contributed by atoms with E-state index in [1.54, 1.807) is 6.20 Å². The number of nitrogens with zero attached hydrogens (tertiary/aromatic N) is 2. The highest BCUT2D eigenvalue weighted by atomic mass is 16.2. The van der Waals surface area contributed by atoms with Crippen molar-refractivity contribution >= 4 is 22.5 Å². The Kier molecular flexibility index (Phi) is 3.07. The molecule has 4 nitrogen and oxygen atoms in total. The zero-order chi connectivity index (χ0) is 13.2. The number of hydrogen-bond donors (Lipinski definition) is 1. The minimum atomic E-state index is 0.243. The fourth-order valence-corrected chi connectivity index (χ4v) is 2.62. The van der Waals surface area contributed by atoms with Gasteiger partial charge in [0.15, 0.2) is 0 Å². The van der Waals surface area contributed by atoms with E-state index in [0.717, 1.165) is 41.5 Å². The Balaban J connectivity index is 1.97. The van der Waals surface area contributed by atoms with Crippen molar-refractivity contribution in [1.82, 2.24) is 9.88 Å². The number of benzene rings is 1. The Hall–Kier alpha value is -2.10. The van der Waals surface area contributed by atoms with E-state index in [1.807, 2.05) is 29.2 Å². The summed E-state index contributed by atoms with van der Waals surface area (Å²) in [5, 5.41) is 0.962.